The third kappa shape index (κ3) is 3.32. The minimum atomic E-state index is -3.04. The summed E-state index contributed by atoms with van der Waals surface area (Å²) in [4.78, 5) is 12.1. The van der Waals surface area contributed by atoms with Crippen LogP contribution >= 0.6 is 15.9 Å². The van der Waals surface area contributed by atoms with E-state index in [4.69, 9.17) is 4.74 Å². The lowest BCUT2D eigenvalue weighted by Crippen LogP contribution is -2.34. The van der Waals surface area contributed by atoms with Gasteiger partial charge >= 0.3 is 0 Å². The molecule has 0 bridgehead atoms. The van der Waals surface area contributed by atoms with Gasteiger partial charge in [-0.2, -0.15) is 0 Å². The van der Waals surface area contributed by atoms with Crippen LogP contribution in [0.2, 0.25) is 0 Å². The van der Waals surface area contributed by atoms with Gasteiger partial charge in [0, 0.05) is 11.0 Å². The molecule has 1 heterocycles. The van der Waals surface area contributed by atoms with Crippen molar-refractivity contribution in [2.24, 2.45) is 0 Å². The highest BCUT2D eigenvalue weighted by Gasteiger charge is 2.31. The Hall–Kier alpha value is -1.08. The molecule has 2 rings (SSSR count). The van der Waals surface area contributed by atoms with E-state index in [9.17, 15) is 13.2 Å². The van der Waals surface area contributed by atoms with Gasteiger partial charge in [0.15, 0.2) is 9.84 Å². The van der Waals surface area contributed by atoms with E-state index >= 15 is 0 Å². The predicted octanol–water partition coefficient (Wildman–Crippen LogP) is 1.76. The van der Waals surface area contributed by atoms with Crippen molar-refractivity contribution < 1.29 is 17.9 Å². The highest BCUT2D eigenvalue weighted by Crippen LogP contribution is 2.23. The van der Waals surface area contributed by atoms with Crippen LogP contribution in [0, 0.1) is 0 Å². The average Bonchev–Trinajstić information content (AvgIpc) is 2.75. The number of halogens is 1. The maximum atomic E-state index is 12.1. The molecule has 0 spiro atoms. The molecule has 1 amide bonds. The van der Waals surface area contributed by atoms with Crippen LogP contribution < -0.4 is 10.1 Å². The molecule has 20 heavy (non-hydrogen) atoms. The fourth-order valence-corrected chi connectivity index (χ4v) is 4.39. The minimum Gasteiger partial charge on any atom is -0.497 e. The molecule has 0 aromatic heterocycles. The summed E-state index contributed by atoms with van der Waals surface area (Å²) in [6.07, 6.45) is 1.29. The topological polar surface area (TPSA) is 72.5 Å². The zero-order valence-electron chi connectivity index (χ0n) is 11.1. The van der Waals surface area contributed by atoms with E-state index < -0.39 is 15.1 Å². The lowest BCUT2D eigenvalue weighted by molar-refractivity contribution is 0.0952. The molecule has 7 heteroatoms. The van der Waals surface area contributed by atoms with E-state index in [1.807, 2.05) is 0 Å². The lowest BCUT2D eigenvalue weighted by Gasteiger charge is -2.12. The number of rotatable bonds is 4. The molecule has 0 radical (unpaired) electrons. The zero-order chi connectivity index (χ0) is 14.8. The Bertz CT molecular complexity index is 615. The van der Waals surface area contributed by atoms with Crippen LogP contribution in [0.1, 0.15) is 23.2 Å². The normalized spacial score (nSPS) is 20.6. The number of benzene rings is 1. The van der Waals surface area contributed by atoms with Gasteiger partial charge in [0.1, 0.15) is 5.75 Å². The summed E-state index contributed by atoms with van der Waals surface area (Å²) in [7, 11) is -1.52. The molecule has 1 unspecified atom stereocenters. The Balaban J connectivity index is 2.05. The van der Waals surface area contributed by atoms with Gasteiger partial charge in [-0.05, 0) is 47.0 Å². The Labute approximate surface area is 126 Å². The van der Waals surface area contributed by atoms with Crippen LogP contribution in [-0.2, 0) is 9.84 Å². The monoisotopic (exact) mass is 361 g/mol. The summed E-state index contributed by atoms with van der Waals surface area (Å²) in [6.45, 7) is 0.158. The molecule has 5 nitrogen and oxygen atoms in total. The molecule has 1 aliphatic heterocycles. The summed E-state index contributed by atoms with van der Waals surface area (Å²) in [6, 6.07) is 5.07. The van der Waals surface area contributed by atoms with E-state index in [0.29, 0.717) is 28.6 Å². The Morgan fingerprint density at radius 1 is 1.50 bits per heavy atom. The second kappa shape index (κ2) is 6.13. The van der Waals surface area contributed by atoms with Crippen LogP contribution in [0.3, 0.4) is 0 Å². The molecule has 1 aromatic carbocycles. The number of carbonyl (C=O) groups is 1. The lowest BCUT2D eigenvalue weighted by atomic mass is 10.2. The second-order valence-corrected chi connectivity index (χ2v) is 7.94. The maximum Gasteiger partial charge on any atom is 0.252 e. The van der Waals surface area contributed by atoms with Crippen LogP contribution in [0.4, 0.5) is 0 Å². The summed E-state index contributed by atoms with van der Waals surface area (Å²) < 4.78 is 29.1. The van der Waals surface area contributed by atoms with Gasteiger partial charge in [0.25, 0.3) is 5.91 Å². The van der Waals surface area contributed by atoms with Gasteiger partial charge < -0.3 is 10.1 Å². The first-order valence-corrected chi connectivity index (χ1v) is 8.78. The largest absolute Gasteiger partial charge is 0.497 e. The maximum absolute atomic E-state index is 12.1. The SMILES string of the molecule is COc1ccc(Br)c(C(=O)NCC2CCCS2(=O)=O)c1. The number of sulfone groups is 1. The Kier molecular flexibility index (Phi) is 4.70. The summed E-state index contributed by atoms with van der Waals surface area (Å²) in [5.74, 6) is 0.487. The second-order valence-electron chi connectivity index (χ2n) is 4.69. The Morgan fingerprint density at radius 3 is 2.85 bits per heavy atom. The molecule has 1 saturated heterocycles. The first-order chi connectivity index (χ1) is 9.44. The van der Waals surface area contributed by atoms with Crippen LogP contribution in [0.15, 0.2) is 22.7 Å². The van der Waals surface area contributed by atoms with Gasteiger partial charge in [-0.15, -0.1) is 0 Å². The average molecular weight is 362 g/mol. The van der Waals surface area contributed by atoms with Crippen LogP contribution in [0.5, 0.6) is 5.75 Å². The van der Waals surface area contributed by atoms with Crippen molar-refractivity contribution in [1.82, 2.24) is 5.32 Å². The van der Waals surface area contributed by atoms with Gasteiger partial charge in [0.2, 0.25) is 0 Å². The molecule has 1 fully saturated rings. The highest BCUT2D eigenvalue weighted by molar-refractivity contribution is 9.10. The molecule has 1 aromatic rings. The molecular weight excluding hydrogens is 346 g/mol. The number of methoxy groups -OCH3 is 1. The number of carbonyl (C=O) groups excluding carboxylic acids is 1. The third-order valence-electron chi connectivity index (χ3n) is 3.37. The van der Waals surface area contributed by atoms with Crippen molar-refractivity contribution in [1.29, 1.82) is 0 Å². The van der Waals surface area contributed by atoms with Crippen molar-refractivity contribution >= 4 is 31.7 Å². The smallest absolute Gasteiger partial charge is 0.252 e. The number of nitrogens with one attached hydrogen (secondary N) is 1. The van der Waals surface area contributed by atoms with Gasteiger partial charge in [0.05, 0.1) is 23.7 Å². The van der Waals surface area contributed by atoms with Crippen molar-refractivity contribution in [2.75, 3.05) is 19.4 Å². The van der Waals surface area contributed by atoms with Gasteiger partial charge in [-0.25, -0.2) is 8.42 Å². The molecule has 1 atom stereocenters. The molecule has 110 valence electrons. The van der Waals surface area contributed by atoms with Crippen molar-refractivity contribution in [2.45, 2.75) is 18.1 Å². The van der Waals surface area contributed by atoms with E-state index in [-0.39, 0.29) is 18.2 Å². The van der Waals surface area contributed by atoms with Gasteiger partial charge in [-0.1, -0.05) is 0 Å². The fourth-order valence-electron chi connectivity index (χ4n) is 2.19. The molecular formula is C13H16BrNO4S. The summed E-state index contributed by atoms with van der Waals surface area (Å²) in [5, 5.41) is 2.22. The predicted molar refractivity (Wildman–Crippen MR) is 79.8 cm³/mol. The number of hydrogen-bond acceptors (Lipinski definition) is 4. The van der Waals surface area contributed by atoms with E-state index in [1.54, 1.807) is 18.2 Å². The van der Waals surface area contributed by atoms with Gasteiger partial charge in [-0.3, -0.25) is 4.79 Å². The zero-order valence-corrected chi connectivity index (χ0v) is 13.5. The van der Waals surface area contributed by atoms with Crippen molar-refractivity contribution in [3.05, 3.63) is 28.2 Å². The molecule has 1 N–H and O–H groups in total. The van der Waals surface area contributed by atoms with E-state index in [0.717, 1.165) is 0 Å². The number of amides is 1. The van der Waals surface area contributed by atoms with Crippen molar-refractivity contribution in [3.63, 3.8) is 0 Å². The first kappa shape index (κ1) is 15.3. The van der Waals surface area contributed by atoms with Crippen LogP contribution in [0.25, 0.3) is 0 Å². The standard InChI is InChI=1S/C13H16BrNO4S/c1-19-9-4-5-12(14)11(7-9)13(16)15-8-10-3-2-6-20(10,17)18/h4-5,7,10H,2-3,6,8H2,1H3,(H,15,16). The quantitative estimate of drug-likeness (QED) is 0.886. The highest BCUT2D eigenvalue weighted by atomic mass is 79.9. The molecule has 0 saturated carbocycles. The molecule has 0 aliphatic carbocycles. The fraction of sp³-hybridized carbons (Fsp3) is 0.462. The molecule has 1 aliphatic rings. The minimum absolute atomic E-state index is 0.158. The Morgan fingerprint density at radius 2 is 2.25 bits per heavy atom. The third-order valence-corrected chi connectivity index (χ3v) is 6.34. The van der Waals surface area contributed by atoms with E-state index in [1.165, 1.54) is 7.11 Å². The summed E-state index contributed by atoms with van der Waals surface area (Å²) in [5.41, 5.74) is 0.430. The van der Waals surface area contributed by atoms with Crippen molar-refractivity contribution in [3.8, 4) is 5.75 Å². The number of hydrogen-bond donors (Lipinski definition) is 1. The summed E-state index contributed by atoms with van der Waals surface area (Å²) >= 11 is 3.30. The number of ether oxygens (including phenoxy) is 1. The van der Waals surface area contributed by atoms with Crippen LogP contribution in [-0.4, -0.2) is 39.0 Å². The van der Waals surface area contributed by atoms with E-state index in [2.05, 4.69) is 21.2 Å². The first-order valence-electron chi connectivity index (χ1n) is 6.27.